The Balaban J connectivity index is 1.30. The van der Waals surface area contributed by atoms with E-state index in [9.17, 15) is 4.79 Å². The Morgan fingerprint density at radius 3 is 2.70 bits per heavy atom. The van der Waals surface area contributed by atoms with Crippen molar-refractivity contribution < 1.29 is 9.53 Å². The van der Waals surface area contributed by atoms with Gasteiger partial charge in [0.1, 0.15) is 17.6 Å². The summed E-state index contributed by atoms with van der Waals surface area (Å²) in [7, 11) is 1.90. The maximum absolute atomic E-state index is 12.7. The summed E-state index contributed by atoms with van der Waals surface area (Å²) in [4.78, 5) is 16.6. The van der Waals surface area contributed by atoms with Gasteiger partial charge in [0, 0.05) is 49.4 Å². The van der Waals surface area contributed by atoms with E-state index in [0.29, 0.717) is 17.5 Å². The second kappa shape index (κ2) is 7.61. The standard InChI is InChI=1S/C24H25N7O2/c1-3-29-15-25-27-23(29)16-12-17-14-26-28(2)22(17)21(13-16)33-20-8-6-19(7-9-20)31-11-10-30(24(31)32)18-4-5-18/h6-9,12-15,18H,3-5,10-11H2,1-2H3. The number of carbonyl (C=O) groups is 1. The van der Waals surface area contributed by atoms with Crippen molar-refractivity contribution in [2.24, 2.45) is 7.05 Å². The van der Waals surface area contributed by atoms with Crippen molar-refractivity contribution in [3.8, 4) is 22.9 Å². The van der Waals surface area contributed by atoms with E-state index in [-0.39, 0.29) is 6.03 Å². The fourth-order valence-electron chi connectivity index (χ4n) is 4.54. The van der Waals surface area contributed by atoms with Crippen LogP contribution < -0.4 is 9.64 Å². The van der Waals surface area contributed by atoms with E-state index >= 15 is 0 Å². The summed E-state index contributed by atoms with van der Waals surface area (Å²) in [6, 6.07) is 12.3. The number of anilines is 1. The first kappa shape index (κ1) is 19.8. The monoisotopic (exact) mass is 443 g/mol. The smallest absolute Gasteiger partial charge is 0.324 e. The molecule has 1 saturated heterocycles. The summed E-state index contributed by atoms with van der Waals surface area (Å²) in [5, 5.41) is 13.7. The summed E-state index contributed by atoms with van der Waals surface area (Å²) in [6.45, 7) is 4.36. The van der Waals surface area contributed by atoms with Crippen LogP contribution in [0.2, 0.25) is 0 Å². The largest absolute Gasteiger partial charge is 0.455 e. The van der Waals surface area contributed by atoms with Crippen LogP contribution in [-0.2, 0) is 13.6 Å². The number of benzene rings is 2. The van der Waals surface area contributed by atoms with E-state index in [2.05, 4.69) is 28.3 Å². The second-order valence-electron chi connectivity index (χ2n) is 8.58. The molecule has 1 aliphatic heterocycles. The van der Waals surface area contributed by atoms with Crippen LogP contribution in [0, 0.1) is 0 Å². The number of rotatable bonds is 6. The number of urea groups is 1. The minimum Gasteiger partial charge on any atom is -0.455 e. The zero-order chi connectivity index (χ0) is 22.5. The number of hydrogen-bond donors (Lipinski definition) is 0. The fourth-order valence-corrected chi connectivity index (χ4v) is 4.54. The number of aromatic nitrogens is 5. The molecule has 6 rings (SSSR count). The molecule has 9 nitrogen and oxygen atoms in total. The molecule has 2 aromatic heterocycles. The van der Waals surface area contributed by atoms with Crippen molar-refractivity contribution in [1.82, 2.24) is 29.4 Å². The van der Waals surface area contributed by atoms with Gasteiger partial charge in [-0.1, -0.05) is 0 Å². The van der Waals surface area contributed by atoms with E-state index in [1.807, 2.05) is 62.6 Å². The van der Waals surface area contributed by atoms with Crippen LogP contribution in [0.25, 0.3) is 22.3 Å². The minimum atomic E-state index is 0.107. The van der Waals surface area contributed by atoms with Crippen molar-refractivity contribution in [3.63, 3.8) is 0 Å². The van der Waals surface area contributed by atoms with Crippen LogP contribution in [0.3, 0.4) is 0 Å². The van der Waals surface area contributed by atoms with Gasteiger partial charge < -0.3 is 14.2 Å². The molecule has 168 valence electrons. The average Bonchev–Trinajstić information content (AvgIpc) is 3.24. The molecule has 2 fully saturated rings. The van der Waals surface area contributed by atoms with Crippen LogP contribution >= 0.6 is 0 Å². The summed E-state index contributed by atoms with van der Waals surface area (Å²) >= 11 is 0. The lowest BCUT2D eigenvalue weighted by Gasteiger charge is -2.18. The molecule has 2 aliphatic rings. The normalized spacial score (nSPS) is 16.2. The Kier molecular flexibility index (Phi) is 4.56. The van der Waals surface area contributed by atoms with Gasteiger partial charge in [-0.2, -0.15) is 5.10 Å². The van der Waals surface area contributed by atoms with Crippen LogP contribution in [0.1, 0.15) is 19.8 Å². The lowest BCUT2D eigenvalue weighted by molar-refractivity contribution is 0.218. The third kappa shape index (κ3) is 3.40. The number of carbonyl (C=O) groups excluding carboxylic acids is 1. The van der Waals surface area contributed by atoms with Crippen molar-refractivity contribution >= 4 is 22.6 Å². The summed E-state index contributed by atoms with van der Waals surface area (Å²) < 4.78 is 10.1. The van der Waals surface area contributed by atoms with E-state index in [1.165, 1.54) is 0 Å². The van der Waals surface area contributed by atoms with Gasteiger partial charge in [-0.05, 0) is 56.2 Å². The molecule has 9 heteroatoms. The van der Waals surface area contributed by atoms with Crippen molar-refractivity contribution in [1.29, 1.82) is 0 Å². The number of aryl methyl sites for hydroxylation is 2. The lowest BCUT2D eigenvalue weighted by Crippen LogP contribution is -2.33. The third-order valence-corrected chi connectivity index (χ3v) is 6.42. The molecular weight excluding hydrogens is 418 g/mol. The molecule has 1 aliphatic carbocycles. The lowest BCUT2D eigenvalue weighted by atomic mass is 10.1. The van der Waals surface area contributed by atoms with Crippen LogP contribution in [0.5, 0.6) is 11.5 Å². The Bertz CT molecular complexity index is 1340. The van der Waals surface area contributed by atoms with Gasteiger partial charge >= 0.3 is 6.03 Å². The van der Waals surface area contributed by atoms with Crippen LogP contribution in [-0.4, -0.2) is 54.6 Å². The molecule has 0 N–H and O–H groups in total. The first-order chi connectivity index (χ1) is 16.1. The second-order valence-corrected chi connectivity index (χ2v) is 8.58. The number of amides is 2. The number of ether oxygens (including phenoxy) is 1. The number of nitrogens with zero attached hydrogens (tertiary/aromatic N) is 7. The molecule has 33 heavy (non-hydrogen) atoms. The van der Waals surface area contributed by atoms with Gasteiger partial charge in [0.2, 0.25) is 0 Å². The maximum Gasteiger partial charge on any atom is 0.324 e. The summed E-state index contributed by atoms with van der Waals surface area (Å²) in [5.74, 6) is 2.18. The fraction of sp³-hybridized carbons (Fsp3) is 0.333. The van der Waals surface area contributed by atoms with Gasteiger partial charge in [-0.15, -0.1) is 10.2 Å². The molecule has 2 aromatic carbocycles. The van der Waals surface area contributed by atoms with Crippen molar-refractivity contribution in [3.05, 3.63) is 48.9 Å². The van der Waals surface area contributed by atoms with E-state index in [0.717, 1.165) is 60.5 Å². The predicted molar refractivity (Wildman–Crippen MR) is 124 cm³/mol. The molecule has 3 heterocycles. The van der Waals surface area contributed by atoms with E-state index in [4.69, 9.17) is 4.74 Å². The molecule has 0 spiro atoms. The number of hydrogen-bond acceptors (Lipinski definition) is 5. The zero-order valence-electron chi connectivity index (χ0n) is 18.7. The van der Waals surface area contributed by atoms with Gasteiger partial charge in [-0.3, -0.25) is 9.58 Å². The first-order valence-electron chi connectivity index (χ1n) is 11.3. The Morgan fingerprint density at radius 2 is 1.94 bits per heavy atom. The van der Waals surface area contributed by atoms with Crippen LogP contribution in [0.4, 0.5) is 10.5 Å². The molecule has 0 atom stereocenters. The maximum atomic E-state index is 12.7. The molecule has 2 amide bonds. The third-order valence-electron chi connectivity index (χ3n) is 6.42. The molecule has 0 unspecified atom stereocenters. The van der Waals surface area contributed by atoms with Crippen LogP contribution in [0.15, 0.2) is 48.9 Å². The Hall–Kier alpha value is -3.88. The predicted octanol–water partition coefficient (Wildman–Crippen LogP) is 4.05. The highest BCUT2D eigenvalue weighted by atomic mass is 16.5. The number of fused-ring (bicyclic) bond motifs is 1. The molecule has 0 radical (unpaired) electrons. The SMILES string of the molecule is CCn1cnnc1-c1cc(Oc2ccc(N3CCN(C4CC4)C3=O)cc2)c2c(cnn2C)c1. The molecule has 1 saturated carbocycles. The van der Waals surface area contributed by atoms with Gasteiger partial charge in [-0.25, -0.2) is 4.79 Å². The average molecular weight is 444 g/mol. The summed E-state index contributed by atoms with van der Waals surface area (Å²) in [5.41, 5.74) is 2.72. The Labute approximate surface area is 191 Å². The quantitative estimate of drug-likeness (QED) is 0.449. The zero-order valence-corrected chi connectivity index (χ0v) is 18.7. The first-order valence-corrected chi connectivity index (χ1v) is 11.3. The van der Waals surface area contributed by atoms with Gasteiger partial charge in [0.05, 0.1) is 6.20 Å². The molecule has 0 bridgehead atoms. The van der Waals surface area contributed by atoms with Crippen molar-refractivity contribution in [2.45, 2.75) is 32.4 Å². The highest BCUT2D eigenvalue weighted by Gasteiger charge is 2.39. The highest BCUT2D eigenvalue weighted by Crippen LogP contribution is 2.36. The van der Waals surface area contributed by atoms with Gasteiger partial charge in [0.15, 0.2) is 11.6 Å². The summed E-state index contributed by atoms with van der Waals surface area (Å²) in [6.07, 6.45) is 5.81. The van der Waals surface area contributed by atoms with E-state index in [1.54, 1.807) is 6.33 Å². The van der Waals surface area contributed by atoms with E-state index < -0.39 is 0 Å². The van der Waals surface area contributed by atoms with Gasteiger partial charge in [0.25, 0.3) is 0 Å². The minimum absolute atomic E-state index is 0.107. The topological polar surface area (TPSA) is 81.3 Å². The molecular formula is C24H25N7O2. The highest BCUT2D eigenvalue weighted by molar-refractivity contribution is 5.94. The molecule has 4 aromatic rings. The van der Waals surface area contributed by atoms with Crippen molar-refractivity contribution in [2.75, 3.05) is 18.0 Å². The Morgan fingerprint density at radius 1 is 1.12 bits per heavy atom.